The molecule has 1 aromatic rings. The van der Waals surface area contributed by atoms with Crippen LogP contribution in [0.4, 0.5) is 0 Å². The van der Waals surface area contributed by atoms with Crippen LogP contribution in [0.3, 0.4) is 0 Å². The normalized spacial score (nSPS) is 10.8. The number of halogens is 1. The van der Waals surface area contributed by atoms with Gasteiger partial charge in [0, 0.05) is 31.1 Å². The number of carbonyl (C=O) groups is 1. The molecule has 0 unspecified atom stereocenters. The molecule has 0 aliphatic heterocycles. The van der Waals surface area contributed by atoms with E-state index < -0.39 is 0 Å². The Hall–Kier alpha value is -1.50. The third kappa shape index (κ3) is 5.79. The molecule has 0 fully saturated rings. The van der Waals surface area contributed by atoms with Crippen molar-refractivity contribution in [3.8, 4) is 11.8 Å². The van der Waals surface area contributed by atoms with Gasteiger partial charge in [-0.2, -0.15) is 0 Å². The number of rotatable bonds is 3. The highest BCUT2D eigenvalue weighted by Gasteiger charge is 2.19. The highest BCUT2D eigenvalue weighted by molar-refractivity contribution is 6.32. The monoisotopic (exact) mass is 307 g/mol. The molecule has 0 radical (unpaired) electrons. The van der Waals surface area contributed by atoms with Gasteiger partial charge in [0.15, 0.2) is 0 Å². The summed E-state index contributed by atoms with van der Waals surface area (Å²) in [7, 11) is 1.79. The molecule has 0 bridgehead atoms. The second-order valence-corrected chi connectivity index (χ2v) is 6.60. The quantitative estimate of drug-likeness (QED) is 0.871. The smallest absolute Gasteiger partial charge is 0.253 e. The van der Waals surface area contributed by atoms with E-state index >= 15 is 0 Å². The Balaban J connectivity index is 2.89. The summed E-state index contributed by atoms with van der Waals surface area (Å²) in [5, 5.41) is 9.15. The lowest BCUT2D eigenvalue weighted by atomic mass is 9.96. The highest BCUT2D eigenvalue weighted by atomic mass is 35.5. The second-order valence-electron chi connectivity index (χ2n) is 6.19. The summed E-state index contributed by atoms with van der Waals surface area (Å²) >= 11 is 6.15. The first kappa shape index (κ1) is 17.6. The average Bonchev–Trinajstić information content (AvgIpc) is 2.38. The van der Waals surface area contributed by atoms with E-state index in [1.54, 1.807) is 30.1 Å². The maximum Gasteiger partial charge on any atom is 0.253 e. The van der Waals surface area contributed by atoms with E-state index in [0.29, 0.717) is 29.1 Å². The molecule has 1 aromatic carbocycles. The predicted molar refractivity (Wildman–Crippen MR) is 86.4 cm³/mol. The van der Waals surface area contributed by atoms with Gasteiger partial charge in [0.25, 0.3) is 5.91 Å². The van der Waals surface area contributed by atoms with Crippen LogP contribution in [0.2, 0.25) is 5.02 Å². The maximum absolute atomic E-state index is 12.3. The Morgan fingerprint density at radius 2 is 2.05 bits per heavy atom. The first-order valence-corrected chi connectivity index (χ1v) is 7.27. The summed E-state index contributed by atoms with van der Waals surface area (Å²) in [5.74, 6) is 5.64. The molecule has 0 spiro atoms. The molecule has 0 aromatic heterocycles. The second kappa shape index (κ2) is 7.49. The van der Waals surface area contributed by atoms with E-state index in [1.807, 2.05) is 0 Å². The first-order valence-electron chi connectivity index (χ1n) is 6.89. The zero-order chi connectivity index (χ0) is 16.0. The van der Waals surface area contributed by atoms with Gasteiger partial charge >= 0.3 is 0 Å². The van der Waals surface area contributed by atoms with Crippen LogP contribution in [-0.2, 0) is 0 Å². The molecule has 0 heterocycles. The molecule has 1 rings (SSSR count). The molecular weight excluding hydrogens is 286 g/mol. The Bertz CT molecular complexity index is 564. The van der Waals surface area contributed by atoms with Crippen LogP contribution in [0.1, 0.15) is 43.1 Å². The van der Waals surface area contributed by atoms with E-state index in [-0.39, 0.29) is 17.9 Å². The zero-order valence-electron chi connectivity index (χ0n) is 13.0. The van der Waals surface area contributed by atoms with Crippen molar-refractivity contribution in [3.05, 3.63) is 34.3 Å². The number of hydrogen-bond acceptors (Lipinski definition) is 2. The summed E-state index contributed by atoms with van der Waals surface area (Å²) in [5.41, 5.74) is 1.27. The number of nitrogens with zero attached hydrogens (tertiary/aromatic N) is 1. The topological polar surface area (TPSA) is 40.5 Å². The van der Waals surface area contributed by atoms with Gasteiger partial charge in [-0.25, -0.2) is 0 Å². The van der Waals surface area contributed by atoms with Crippen molar-refractivity contribution in [1.29, 1.82) is 0 Å². The van der Waals surface area contributed by atoms with Crippen LogP contribution < -0.4 is 0 Å². The molecule has 1 N–H and O–H groups in total. The highest BCUT2D eigenvalue weighted by Crippen LogP contribution is 2.20. The van der Waals surface area contributed by atoms with Crippen LogP contribution in [0.15, 0.2) is 18.2 Å². The fourth-order valence-corrected chi connectivity index (χ4v) is 2.19. The van der Waals surface area contributed by atoms with E-state index in [0.717, 1.165) is 0 Å². The molecule has 114 valence electrons. The van der Waals surface area contributed by atoms with Gasteiger partial charge in [0.2, 0.25) is 0 Å². The van der Waals surface area contributed by atoms with Crippen molar-refractivity contribution in [1.82, 2.24) is 4.90 Å². The van der Waals surface area contributed by atoms with Crippen molar-refractivity contribution in [2.45, 2.75) is 27.2 Å². The van der Waals surface area contributed by atoms with Crippen molar-refractivity contribution >= 4 is 17.5 Å². The molecule has 3 nitrogen and oxygen atoms in total. The molecule has 0 atom stereocenters. The summed E-state index contributed by atoms with van der Waals surface area (Å²) in [6, 6.07) is 5.12. The predicted octanol–water partition coefficient (Wildman–Crippen LogP) is 3.19. The van der Waals surface area contributed by atoms with Gasteiger partial charge in [-0.15, -0.1) is 0 Å². The molecule has 4 heteroatoms. The molecule has 0 saturated carbocycles. The summed E-state index contributed by atoms with van der Waals surface area (Å²) in [4.78, 5) is 14.0. The SMILES string of the molecule is CN(CC(C)(C)C)C(=O)c1ccc(C#CCCO)c(Cl)c1. The fraction of sp³-hybridized carbons (Fsp3) is 0.471. The van der Waals surface area contributed by atoms with Crippen molar-refractivity contribution in [2.75, 3.05) is 20.2 Å². The lowest BCUT2D eigenvalue weighted by Gasteiger charge is -2.26. The lowest BCUT2D eigenvalue weighted by Crippen LogP contribution is -2.34. The van der Waals surface area contributed by atoms with E-state index in [4.69, 9.17) is 16.7 Å². The minimum Gasteiger partial charge on any atom is -0.395 e. The molecule has 21 heavy (non-hydrogen) atoms. The minimum absolute atomic E-state index is 0.0266. The van der Waals surface area contributed by atoms with E-state index in [1.165, 1.54) is 0 Å². The Morgan fingerprint density at radius 3 is 2.57 bits per heavy atom. The van der Waals surface area contributed by atoms with Crippen LogP contribution in [0.25, 0.3) is 0 Å². The third-order valence-electron chi connectivity index (χ3n) is 2.73. The molecule has 0 saturated heterocycles. The van der Waals surface area contributed by atoms with E-state index in [9.17, 15) is 4.79 Å². The van der Waals surface area contributed by atoms with Crippen LogP contribution >= 0.6 is 11.6 Å². The lowest BCUT2D eigenvalue weighted by molar-refractivity contribution is 0.0745. The fourth-order valence-electron chi connectivity index (χ4n) is 1.97. The number of hydrogen-bond donors (Lipinski definition) is 1. The number of amides is 1. The van der Waals surface area contributed by atoms with E-state index in [2.05, 4.69) is 32.6 Å². The van der Waals surface area contributed by atoms with Gasteiger partial charge in [0.05, 0.1) is 11.6 Å². The van der Waals surface area contributed by atoms with Gasteiger partial charge < -0.3 is 10.0 Å². The van der Waals surface area contributed by atoms with Gasteiger partial charge in [-0.3, -0.25) is 4.79 Å². The summed E-state index contributed by atoms with van der Waals surface area (Å²) < 4.78 is 0. The first-order chi connectivity index (χ1) is 9.74. The number of carbonyl (C=O) groups excluding carboxylic acids is 1. The standard InChI is InChI=1S/C17H22ClNO2/c1-17(2,3)12-19(4)16(21)14-9-8-13(15(18)11-14)7-5-6-10-20/h8-9,11,20H,6,10,12H2,1-4H3. The van der Waals surface area contributed by atoms with Gasteiger partial charge in [-0.05, 0) is 23.6 Å². The molecule has 0 aliphatic carbocycles. The van der Waals surface area contributed by atoms with Crippen molar-refractivity contribution in [3.63, 3.8) is 0 Å². The molecule has 0 aliphatic rings. The Kier molecular flexibility index (Phi) is 6.26. The third-order valence-corrected chi connectivity index (χ3v) is 3.05. The Morgan fingerprint density at radius 1 is 1.38 bits per heavy atom. The largest absolute Gasteiger partial charge is 0.395 e. The van der Waals surface area contributed by atoms with Crippen LogP contribution in [-0.4, -0.2) is 36.1 Å². The van der Waals surface area contributed by atoms with Crippen molar-refractivity contribution < 1.29 is 9.90 Å². The summed E-state index contributed by atoms with van der Waals surface area (Å²) in [6.07, 6.45) is 0.408. The molecule has 1 amide bonds. The number of aliphatic hydroxyl groups excluding tert-OH is 1. The minimum atomic E-state index is -0.0540. The molecular formula is C17H22ClNO2. The number of aliphatic hydroxyl groups is 1. The van der Waals surface area contributed by atoms with Gasteiger partial charge in [-0.1, -0.05) is 44.2 Å². The van der Waals surface area contributed by atoms with Crippen molar-refractivity contribution in [2.24, 2.45) is 5.41 Å². The summed E-state index contributed by atoms with van der Waals surface area (Å²) in [6.45, 7) is 6.96. The number of benzene rings is 1. The van der Waals surface area contributed by atoms with Crippen LogP contribution in [0, 0.1) is 17.3 Å². The zero-order valence-corrected chi connectivity index (χ0v) is 13.8. The Labute approximate surface area is 131 Å². The average molecular weight is 308 g/mol. The van der Waals surface area contributed by atoms with Gasteiger partial charge in [0.1, 0.15) is 0 Å². The van der Waals surface area contributed by atoms with Crippen LogP contribution in [0.5, 0.6) is 0 Å². The maximum atomic E-state index is 12.3.